The largest absolute Gasteiger partial charge is 0.486 e. The second-order valence-corrected chi connectivity index (χ2v) is 6.26. The molecule has 0 spiro atoms. The third-order valence-corrected chi connectivity index (χ3v) is 4.41. The molecule has 24 heavy (non-hydrogen) atoms. The second kappa shape index (κ2) is 8.38. The Balaban J connectivity index is 1.62. The number of ether oxygens (including phenoxy) is 2. The van der Waals surface area contributed by atoms with Gasteiger partial charge in [-0.15, -0.1) is 0 Å². The summed E-state index contributed by atoms with van der Waals surface area (Å²) >= 11 is 6.27. The van der Waals surface area contributed by atoms with Crippen LogP contribution in [0.2, 0.25) is 5.02 Å². The minimum atomic E-state index is 0.178. The van der Waals surface area contributed by atoms with Crippen molar-refractivity contribution in [2.75, 3.05) is 26.4 Å². The second-order valence-electron chi connectivity index (χ2n) is 5.85. The third kappa shape index (κ3) is 4.20. The lowest BCUT2D eigenvalue weighted by Crippen LogP contribution is -2.22. The highest BCUT2D eigenvalue weighted by Crippen LogP contribution is 2.38. The molecule has 5 heteroatoms. The van der Waals surface area contributed by atoms with Gasteiger partial charge in [0.05, 0.1) is 5.02 Å². The maximum absolute atomic E-state index is 9.31. The molecule has 2 aromatic rings. The molecule has 0 bridgehead atoms. The van der Waals surface area contributed by atoms with Crippen LogP contribution < -0.4 is 14.8 Å². The van der Waals surface area contributed by atoms with Gasteiger partial charge in [0, 0.05) is 19.7 Å². The standard InChI is InChI=1S/C19H22ClNO3/c20-17-10-14(11-18-19(17)24-9-8-23-18)12-21-13-16(6-7-22)15-4-2-1-3-5-15/h1-5,10-11,16,21-22H,6-9,12-13H2. The van der Waals surface area contributed by atoms with Crippen LogP contribution in [0, 0.1) is 0 Å². The number of hydrogen-bond acceptors (Lipinski definition) is 4. The lowest BCUT2D eigenvalue weighted by molar-refractivity contribution is 0.171. The lowest BCUT2D eigenvalue weighted by Gasteiger charge is -2.21. The van der Waals surface area contributed by atoms with Gasteiger partial charge in [-0.1, -0.05) is 41.9 Å². The van der Waals surface area contributed by atoms with E-state index in [1.807, 2.05) is 30.3 Å². The van der Waals surface area contributed by atoms with Crippen molar-refractivity contribution in [2.24, 2.45) is 0 Å². The van der Waals surface area contributed by atoms with Crippen LogP contribution in [0.25, 0.3) is 0 Å². The van der Waals surface area contributed by atoms with Crippen LogP contribution in [0.15, 0.2) is 42.5 Å². The fourth-order valence-corrected chi connectivity index (χ4v) is 3.21. The number of hydrogen-bond donors (Lipinski definition) is 2. The van der Waals surface area contributed by atoms with Crippen LogP contribution in [0.3, 0.4) is 0 Å². The van der Waals surface area contributed by atoms with E-state index < -0.39 is 0 Å². The van der Waals surface area contributed by atoms with E-state index in [2.05, 4.69) is 17.4 Å². The number of rotatable bonds is 7. The predicted octanol–water partition coefficient (Wildman–Crippen LogP) is 3.37. The Hall–Kier alpha value is -1.75. The summed E-state index contributed by atoms with van der Waals surface area (Å²) in [6.45, 7) is 2.73. The lowest BCUT2D eigenvalue weighted by atomic mass is 9.96. The smallest absolute Gasteiger partial charge is 0.179 e. The van der Waals surface area contributed by atoms with Crippen LogP contribution >= 0.6 is 11.6 Å². The number of fused-ring (bicyclic) bond motifs is 1. The van der Waals surface area contributed by atoms with Crippen molar-refractivity contribution >= 4 is 11.6 Å². The minimum absolute atomic E-state index is 0.178. The molecule has 3 rings (SSSR count). The van der Waals surface area contributed by atoms with Gasteiger partial charge in [-0.3, -0.25) is 0 Å². The number of halogens is 1. The molecule has 0 amide bonds. The summed E-state index contributed by atoms with van der Waals surface area (Å²) < 4.78 is 11.1. The highest BCUT2D eigenvalue weighted by Gasteiger charge is 2.17. The Kier molecular flexibility index (Phi) is 5.96. The van der Waals surface area contributed by atoms with Crippen LogP contribution in [0.1, 0.15) is 23.5 Å². The van der Waals surface area contributed by atoms with Gasteiger partial charge in [-0.25, -0.2) is 0 Å². The summed E-state index contributed by atoms with van der Waals surface area (Å²) in [7, 11) is 0. The van der Waals surface area contributed by atoms with Crippen LogP contribution in [-0.2, 0) is 6.54 Å². The minimum Gasteiger partial charge on any atom is -0.486 e. The van der Waals surface area contributed by atoms with Crippen molar-refractivity contribution in [1.29, 1.82) is 0 Å². The van der Waals surface area contributed by atoms with Gasteiger partial charge in [0.25, 0.3) is 0 Å². The molecule has 1 unspecified atom stereocenters. The van der Waals surface area contributed by atoms with E-state index in [0.29, 0.717) is 36.3 Å². The van der Waals surface area contributed by atoms with E-state index in [9.17, 15) is 5.11 Å². The number of aliphatic hydroxyl groups is 1. The molecule has 4 nitrogen and oxygen atoms in total. The maximum Gasteiger partial charge on any atom is 0.179 e. The average Bonchev–Trinajstić information content (AvgIpc) is 2.62. The normalized spacial score (nSPS) is 14.4. The number of aliphatic hydroxyl groups excluding tert-OH is 1. The van der Waals surface area contributed by atoms with Crippen LogP contribution in [0.5, 0.6) is 11.5 Å². The Morgan fingerprint density at radius 3 is 2.71 bits per heavy atom. The van der Waals surface area contributed by atoms with Crippen molar-refractivity contribution in [2.45, 2.75) is 18.9 Å². The predicted molar refractivity (Wildman–Crippen MR) is 95.0 cm³/mol. The highest BCUT2D eigenvalue weighted by atomic mass is 35.5. The van der Waals surface area contributed by atoms with Crippen molar-refractivity contribution in [1.82, 2.24) is 5.32 Å². The zero-order valence-electron chi connectivity index (χ0n) is 13.5. The first-order chi connectivity index (χ1) is 11.8. The Labute approximate surface area is 147 Å². The molecule has 0 radical (unpaired) electrons. The quantitative estimate of drug-likeness (QED) is 0.806. The summed E-state index contributed by atoms with van der Waals surface area (Å²) in [6, 6.07) is 14.1. The molecule has 128 valence electrons. The summed E-state index contributed by atoms with van der Waals surface area (Å²) in [5.41, 5.74) is 2.29. The Bertz CT molecular complexity index is 663. The Morgan fingerprint density at radius 2 is 1.92 bits per heavy atom. The molecular weight excluding hydrogens is 326 g/mol. The summed E-state index contributed by atoms with van der Waals surface area (Å²) in [5.74, 6) is 1.62. The zero-order chi connectivity index (χ0) is 16.8. The Morgan fingerprint density at radius 1 is 1.12 bits per heavy atom. The molecule has 1 aliphatic heterocycles. The van der Waals surface area contributed by atoms with Crippen molar-refractivity contribution < 1.29 is 14.6 Å². The van der Waals surface area contributed by atoms with Crippen molar-refractivity contribution in [3.05, 3.63) is 58.6 Å². The van der Waals surface area contributed by atoms with Crippen LogP contribution in [0.4, 0.5) is 0 Å². The van der Waals surface area contributed by atoms with Gasteiger partial charge in [-0.05, 0) is 35.6 Å². The van der Waals surface area contributed by atoms with Gasteiger partial charge >= 0.3 is 0 Å². The van der Waals surface area contributed by atoms with E-state index in [4.69, 9.17) is 21.1 Å². The topological polar surface area (TPSA) is 50.7 Å². The summed E-state index contributed by atoms with van der Waals surface area (Å²) in [5, 5.41) is 13.3. The molecule has 2 aromatic carbocycles. The first-order valence-corrected chi connectivity index (χ1v) is 8.60. The molecule has 2 N–H and O–H groups in total. The SMILES string of the molecule is OCCC(CNCc1cc(Cl)c2c(c1)OCCO2)c1ccccc1. The van der Waals surface area contributed by atoms with E-state index in [1.54, 1.807) is 0 Å². The van der Waals surface area contributed by atoms with E-state index in [1.165, 1.54) is 5.56 Å². The van der Waals surface area contributed by atoms with Crippen molar-refractivity contribution in [3.8, 4) is 11.5 Å². The van der Waals surface area contributed by atoms with E-state index in [-0.39, 0.29) is 12.5 Å². The molecule has 0 fully saturated rings. The van der Waals surface area contributed by atoms with E-state index in [0.717, 1.165) is 18.5 Å². The zero-order valence-corrected chi connectivity index (χ0v) is 14.3. The number of benzene rings is 2. The molecule has 0 saturated heterocycles. The number of nitrogens with one attached hydrogen (secondary N) is 1. The molecule has 1 aliphatic rings. The van der Waals surface area contributed by atoms with Gasteiger partial charge < -0.3 is 19.9 Å². The third-order valence-electron chi connectivity index (χ3n) is 4.13. The maximum atomic E-state index is 9.31. The molecule has 0 aromatic heterocycles. The fourth-order valence-electron chi connectivity index (χ4n) is 2.92. The van der Waals surface area contributed by atoms with E-state index >= 15 is 0 Å². The van der Waals surface area contributed by atoms with Crippen molar-refractivity contribution in [3.63, 3.8) is 0 Å². The fraction of sp³-hybridized carbons (Fsp3) is 0.368. The average molecular weight is 348 g/mol. The summed E-state index contributed by atoms with van der Waals surface area (Å²) in [4.78, 5) is 0. The van der Waals surface area contributed by atoms with Gasteiger partial charge in [0.15, 0.2) is 11.5 Å². The molecule has 0 saturated carbocycles. The summed E-state index contributed by atoms with van der Waals surface area (Å²) in [6.07, 6.45) is 0.735. The molecule has 1 atom stereocenters. The molecule has 1 heterocycles. The molecular formula is C19H22ClNO3. The first kappa shape index (κ1) is 17.1. The van der Waals surface area contributed by atoms with Crippen LogP contribution in [-0.4, -0.2) is 31.5 Å². The monoisotopic (exact) mass is 347 g/mol. The molecule has 0 aliphatic carbocycles. The van der Waals surface area contributed by atoms with Gasteiger partial charge in [0.1, 0.15) is 13.2 Å². The van der Waals surface area contributed by atoms with Gasteiger partial charge in [-0.2, -0.15) is 0 Å². The highest BCUT2D eigenvalue weighted by molar-refractivity contribution is 6.32. The first-order valence-electron chi connectivity index (χ1n) is 8.22. The van der Waals surface area contributed by atoms with Gasteiger partial charge in [0.2, 0.25) is 0 Å².